The molecule has 0 bridgehead atoms. The number of esters is 1. The zero-order chi connectivity index (χ0) is 26.6. The van der Waals surface area contributed by atoms with Gasteiger partial charge in [-0.15, -0.1) is 0 Å². The lowest BCUT2D eigenvalue weighted by Gasteiger charge is -2.36. The molecule has 1 saturated heterocycles. The Kier molecular flexibility index (Phi) is 7.22. The van der Waals surface area contributed by atoms with Crippen LogP contribution in [0.3, 0.4) is 0 Å². The number of aromatic nitrogens is 2. The first-order valence-electron chi connectivity index (χ1n) is 12.7. The smallest absolute Gasteiger partial charge is 0.358 e. The third-order valence-corrected chi connectivity index (χ3v) is 6.63. The number of amides is 1. The number of anilines is 1. The van der Waals surface area contributed by atoms with Crippen molar-refractivity contribution in [3.8, 4) is 16.9 Å². The second-order valence-corrected chi connectivity index (χ2v) is 9.22. The van der Waals surface area contributed by atoms with Crippen LogP contribution in [0.2, 0.25) is 0 Å². The normalized spacial score (nSPS) is 13.4. The number of hydrogen-bond donors (Lipinski definition) is 0. The van der Waals surface area contributed by atoms with E-state index in [4.69, 9.17) is 4.74 Å². The van der Waals surface area contributed by atoms with Crippen molar-refractivity contribution < 1.29 is 18.7 Å². The molecule has 1 fully saturated rings. The van der Waals surface area contributed by atoms with E-state index in [2.05, 4.69) is 10.00 Å². The zero-order valence-electron chi connectivity index (χ0n) is 21.4. The van der Waals surface area contributed by atoms with Crippen LogP contribution in [-0.4, -0.2) is 59.3 Å². The highest BCUT2D eigenvalue weighted by molar-refractivity contribution is 5.94. The molecule has 0 atom stereocenters. The summed E-state index contributed by atoms with van der Waals surface area (Å²) in [6.07, 6.45) is 0. The van der Waals surface area contributed by atoms with E-state index >= 15 is 0 Å². The van der Waals surface area contributed by atoms with Gasteiger partial charge in [-0.3, -0.25) is 4.79 Å². The summed E-state index contributed by atoms with van der Waals surface area (Å²) in [5, 5.41) is 4.44. The minimum atomic E-state index is -0.510. The molecule has 0 radical (unpaired) electrons. The molecule has 0 N–H and O–H groups in total. The molecule has 1 aliphatic rings. The van der Waals surface area contributed by atoms with Crippen LogP contribution in [0.25, 0.3) is 16.9 Å². The van der Waals surface area contributed by atoms with Crippen molar-refractivity contribution >= 4 is 17.6 Å². The van der Waals surface area contributed by atoms with Crippen molar-refractivity contribution in [2.45, 2.75) is 13.8 Å². The van der Waals surface area contributed by atoms with Crippen LogP contribution in [0, 0.1) is 12.7 Å². The molecule has 3 aromatic carbocycles. The van der Waals surface area contributed by atoms with E-state index in [9.17, 15) is 14.0 Å². The molecule has 1 amide bonds. The number of ether oxygens (including phenoxy) is 1. The number of hydrogen-bond acceptors (Lipinski definition) is 5. The highest BCUT2D eigenvalue weighted by Crippen LogP contribution is 2.28. The summed E-state index contributed by atoms with van der Waals surface area (Å²) >= 11 is 0. The largest absolute Gasteiger partial charge is 0.461 e. The van der Waals surface area contributed by atoms with Crippen molar-refractivity contribution in [2.75, 3.05) is 37.7 Å². The van der Waals surface area contributed by atoms with Gasteiger partial charge < -0.3 is 14.5 Å². The quantitative estimate of drug-likeness (QED) is 0.335. The van der Waals surface area contributed by atoms with Crippen LogP contribution in [-0.2, 0) is 4.74 Å². The minimum Gasteiger partial charge on any atom is -0.461 e. The Hall–Kier alpha value is -4.46. The molecule has 8 heteroatoms. The number of carbonyl (C=O) groups is 2. The zero-order valence-corrected chi connectivity index (χ0v) is 21.4. The van der Waals surface area contributed by atoms with Crippen molar-refractivity contribution in [3.63, 3.8) is 0 Å². The monoisotopic (exact) mass is 512 g/mol. The molecule has 4 aromatic rings. The molecule has 2 heterocycles. The van der Waals surface area contributed by atoms with Gasteiger partial charge in [-0.2, -0.15) is 5.10 Å². The Morgan fingerprint density at radius 3 is 2.24 bits per heavy atom. The Labute approximate surface area is 221 Å². The van der Waals surface area contributed by atoms with E-state index in [-0.39, 0.29) is 24.0 Å². The number of halogens is 1. The molecule has 0 unspecified atom stereocenters. The number of benzene rings is 3. The lowest BCUT2D eigenvalue weighted by Crippen LogP contribution is -2.48. The standard InChI is InChI=1S/C30H29FN4O3/c1-3-38-30(37)27-20-28(35(32-27)26-13-9-24(31)10-14-26)22-7-11-25(12-8-22)33-15-17-34(18-16-33)29(36)23-6-4-5-21(2)19-23/h4-14,19-20H,3,15-18H2,1-2H3. The summed E-state index contributed by atoms with van der Waals surface area (Å²) in [5.41, 5.74) is 5.22. The van der Waals surface area contributed by atoms with Crippen LogP contribution in [0.5, 0.6) is 0 Å². The predicted octanol–water partition coefficient (Wildman–Crippen LogP) is 5.13. The number of rotatable bonds is 6. The van der Waals surface area contributed by atoms with Crippen LogP contribution < -0.4 is 4.90 Å². The average Bonchev–Trinajstić information content (AvgIpc) is 3.39. The van der Waals surface area contributed by atoms with Crippen molar-refractivity contribution in [1.29, 1.82) is 0 Å². The molecule has 0 aliphatic carbocycles. The van der Waals surface area contributed by atoms with E-state index in [1.165, 1.54) is 12.1 Å². The number of carbonyl (C=O) groups excluding carboxylic acids is 2. The third kappa shape index (κ3) is 5.29. The summed E-state index contributed by atoms with van der Waals surface area (Å²) in [7, 11) is 0. The summed E-state index contributed by atoms with van der Waals surface area (Å²) in [6, 6.07) is 23.3. The SMILES string of the molecule is CCOC(=O)c1cc(-c2ccc(N3CCN(C(=O)c4cccc(C)c4)CC3)cc2)n(-c2ccc(F)cc2)n1. The number of aryl methyl sites for hydroxylation is 1. The molecule has 1 aliphatic heterocycles. The lowest BCUT2D eigenvalue weighted by atomic mass is 10.1. The Morgan fingerprint density at radius 2 is 1.58 bits per heavy atom. The van der Waals surface area contributed by atoms with Gasteiger partial charge in [-0.25, -0.2) is 13.9 Å². The van der Waals surface area contributed by atoms with Gasteiger partial charge in [-0.05, 0) is 68.4 Å². The molecule has 0 saturated carbocycles. The van der Waals surface area contributed by atoms with Gasteiger partial charge in [0.05, 0.1) is 18.0 Å². The second-order valence-electron chi connectivity index (χ2n) is 9.22. The fraction of sp³-hybridized carbons (Fsp3) is 0.233. The Morgan fingerprint density at radius 1 is 0.895 bits per heavy atom. The molecular weight excluding hydrogens is 483 g/mol. The maximum atomic E-state index is 13.5. The summed E-state index contributed by atoms with van der Waals surface area (Å²) in [4.78, 5) is 29.4. The molecule has 5 rings (SSSR count). The fourth-order valence-electron chi connectivity index (χ4n) is 4.64. The molecule has 194 valence electrons. The minimum absolute atomic E-state index is 0.0650. The molecule has 7 nitrogen and oxygen atoms in total. The van der Waals surface area contributed by atoms with Crippen LogP contribution in [0.15, 0.2) is 78.9 Å². The van der Waals surface area contributed by atoms with Gasteiger partial charge in [-0.1, -0.05) is 29.8 Å². The van der Waals surface area contributed by atoms with E-state index in [0.717, 1.165) is 35.5 Å². The Bertz CT molecular complexity index is 1440. The van der Waals surface area contributed by atoms with Gasteiger partial charge in [0.25, 0.3) is 5.91 Å². The number of nitrogens with zero attached hydrogens (tertiary/aromatic N) is 4. The highest BCUT2D eigenvalue weighted by Gasteiger charge is 2.23. The van der Waals surface area contributed by atoms with Crippen molar-refractivity contribution in [3.05, 3.63) is 102 Å². The average molecular weight is 513 g/mol. The highest BCUT2D eigenvalue weighted by atomic mass is 19.1. The molecule has 1 aromatic heterocycles. The van der Waals surface area contributed by atoms with E-state index in [1.807, 2.05) is 60.4 Å². The lowest BCUT2D eigenvalue weighted by molar-refractivity contribution is 0.0518. The van der Waals surface area contributed by atoms with E-state index in [0.29, 0.717) is 24.5 Å². The first-order chi connectivity index (χ1) is 18.4. The summed E-state index contributed by atoms with van der Waals surface area (Å²) < 4.78 is 20.3. The van der Waals surface area contributed by atoms with Gasteiger partial charge in [0, 0.05) is 43.0 Å². The summed E-state index contributed by atoms with van der Waals surface area (Å²) in [6.45, 7) is 6.74. The maximum absolute atomic E-state index is 13.5. The van der Waals surface area contributed by atoms with Gasteiger partial charge in [0.1, 0.15) is 5.82 Å². The first-order valence-corrected chi connectivity index (χ1v) is 12.7. The third-order valence-electron chi connectivity index (χ3n) is 6.63. The van der Waals surface area contributed by atoms with Crippen LogP contribution in [0.1, 0.15) is 33.3 Å². The van der Waals surface area contributed by atoms with Crippen LogP contribution in [0.4, 0.5) is 10.1 Å². The molecular formula is C30H29FN4O3. The predicted molar refractivity (Wildman–Crippen MR) is 144 cm³/mol. The first kappa shape index (κ1) is 25.2. The molecule has 0 spiro atoms. The fourth-order valence-corrected chi connectivity index (χ4v) is 4.64. The van der Waals surface area contributed by atoms with Crippen molar-refractivity contribution in [2.24, 2.45) is 0 Å². The van der Waals surface area contributed by atoms with Gasteiger partial charge in [0.2, 0.25) is 0 Å². The Balaban J connectivity index is 1.33. The summed E-state index contributed by atoms with van der Waals surface area (Å²) in [5.74, 6) is -0.794. The van der Waals surface area contributed by atoms with Gasteiger partial charge in [0.15, 0.2) is 5.69 Å². The second kappa shape index (κ2) is 10.9. The maximum Gasteiger partial charge on any atom is 0.358 e. The van der Waals surface area contributed by atoms with Crippen LogP contribution >= 0.6 is 0 Å². The molecule has 38 heavy (non-hydrogen) atoms. The van der Waals surface area contributed by atoms with E-state index in [1.54, 1.807) is 29.8 Å². The van der Waals surface area contributed by atoms with Crippen molar-refractivity contribution in [1.82, 2.24) is 14.7 Å². The topological polar surface area (TPSA) is 67.7 Å². The van der Waals surface area contributed by atoms with Gasteiger partial charge >= 0.3 is 5.97 Å². The van der Waals surface area contributed by atoms with E-state index < -0.39 is 5.97 Å². The number of piperazine rings is 1.